The van der Waals surface area contributed by atoms with E-state index < -0.39 is 11.7 Å². The summed E-state index contributed by atoms with van der Waals surface area (Å²) < 4.78 is 41.7. The Balaban J connectivity index is 2.35. The van der Waals surface area contributed by atoms with Gasteiger partial charge in [-0.2, -0.15) is 18.3 Å². The normalized spacial score (nSPS) is 11.9. The van der Waals surface area contributed by atoms with E-state index in [2.05, 4.69) is 26.3 Å². The van der Waals surface area contributed by atoms with Gasteiger partial charge in [-0.3, -0.25) is 0 Å². The topological polar surface area (TPSA) is 29.9 Å². The zero-order valence-electron chi connectivity index (χ0n) is 11.4. The molecule has 0 unspecified atom stereocenters. The first-order valence-electron chi connectivity index (χ1n) is 6.53. The monoisotopic (exact) mass is 361 g/mol. The molecule has 114 valence electrons. The third-order valence-corrected chi connectivity index (χ3v) is 3.37. The summed E-state index contributed by atoms with van der Waals surface area (Å²) in [5.74, 6) is 0. The van der Waals surface area contributed by atoms with Crippen LogP contribution in [-0.2, 0) is 12.7 Å². The van der Waals surface area contributed by atoms with Crippen LogP contribution in [-0.4, -0.2) is 16.3 Å². The highest BCUT2D eigenvalue weighted by molar-refractivity contribution is 9.10. The molecular weight excluding hydrogens is 347 g/mol. The second kappa shape index (κ2) is 6.62. The molecule has 0 radical (unpaired) electrons. The molecule has 0 aliphatic carbocycles. The highest BCUT2D eigenvalue weighted by Crippen LogP contribution is 2.33. The molecule has 0 saturated carbocycles. The zero-order valence-corrected chi connectivity index (χ0v) is 13.0. The number of aromatic nitrogens is 2. The molecule has 21 heavy (non-hydrogen) atoms. The number of halogens is 4. The van der Waals surface area contributed by atoms with Crippen molar-refractivity contribution in [3.63, 3.8) is 0 Å². The first-order valence-corrected chi connectivity index (χ1v) is 7.32. The minimum absolute atomic E-state index is 0.200. The molecule has 0 bridgehead atoms. The maximum absolute atomic E-state index is 13.2. The third-order valence-electron chi connectivity index (χ3n) is 2.96. The maximum Gasteiger partial charge on any atom is 0.416 e. The van der Waals surface area contributed by atoms with Crippen LogP contribution in [0.1, 0.15) is 24.5 Å². The fraction of sp³-hybridized carbons (Fsp3) is 0.357. The number of alkyl halides is 3. The lowest BCUT2D eigenvalue weighted by atomic mass is 10.1. The Morgan fingerprint density at radius 1 is 1.33 bits per heavy atom. The Labute approximate surface area is 129 Å². The van der Waals surface area contributed by atoms with Crippen molar-refractivity contribution in [3.8, 4) is 5.69 Å². The van der Waals surface area contributed by atoms with Gasteiger partial charge in [0, 0.05) is 12.7 Å². The van der Waals surface area contributed by atoms with Crippen molar-refractivity contribution in [3.05, 3.63) is 46.2 Å². The maximum atomic E-state index is 13.2. The van der Waals surface area contributed by atoms with Crippen LogP contribution in [0.5, 0.6) is 0 Å². The van der Waals surface area contributed by atoms with Gasteiger partial charge in [0.2, 0.25) is 0 Å². The lowest BCUT2D eigenvalue weighted by Crippen LogP contribution is -2.18. The number of hydrogen-bond donors (Lipinski definition) is 1. The van der Waals surface area contributed by atoms with Crippen molar-refractivity contribution in [2.75, 3.05) is 6.54 Å². The van der Waals surface area contributed by atoms with E-state index in [1.54, 1.807) is 12.3 Å². The molecule has 1 N–H and O–H groups in total. The minimum atomic E-state index is -4.39. The summed E-state index contributed by atoms with van der Waals surface area (Å²) >= 11 is 3.23. The average molecular weight is 362 g/mol. The molecule has 2 rings (SSSR count). The Hall–Kier alpha value is -1.34. The van der Waals surface area contributed by atoms with Gasteiger partial charge in [0.25, 0.3) is 0 Å². The summed E-state index contributed by atoms with van der Waals surface area (Å²) in [4.78, 5) is 0. The Kier molecular flexibility index (Phi) is 5.05. The van der Waals surface area contributed by atoms with Crippen LogP contribution in [0.15, 0.2) is 35.1 Å². The Morgan fingerprint density at radius 3 is 2.67 bits per heavy atom. The third kappa shape index (κ3) is 4.07. The van der Waals surface area contributed by atoms with Crippen LogP contribution in [0, 0.1) is 0 Å². The molecule has 2 aromatic rings. The predicted molar refractivity (Wildman–Crippen MR) is 78.3 cm³/mol. The number of hydrogen-bond acceptors (Lipinski definition) is 2. The molecule has 0 amide bonds. The zero-order chi connectivity index (χ0) is 15.5. The molecule has 1 aromatic heterocycles. The van der Waals surface area contributed by atoms with E-state index in [4.69, 9.17) is 0 Å². The van der Waals surface area contributed by atoms with Crippen molar-refractivity contribution in [1.82, 2.24) is 15.1 Å². The first kappa shape index (κ1) is 16.0. The van der Waals surface area contributed by atoms with Gasteiger partial charge >= 0.3 is 6.18 Å². The Bertz CT molecular complexity index is 608. The second-order valence-electron chi connectivity index (χ2n) is 4.62. The van der Waals surface area contributed by atoms with Crippen LogP contribution in [0.3, 0.4) is 0 Å². The van der Waals surface area contributed by atoms with Crippen LogP contribution in [0.25, 0.3) is 5.69 Å². The van der Waals surface area contributed by atoms with E-state index in [1.165, 1.54) is 16.9 Å². The standard InChI is InChI=1S/C14H15BrF3N3/c1-2-5-19-7-10-3-4-12(6-13(10)14(16,17)18)21-9-11(15)8-20-21/h3-4,6,8-9,19H,2,5,7H2,1H3. The summed E-state index contributed by atoms with van der Waals surface area (Å²) in [6, 6.07) is 4.26. The van der Waals surface area contributed by atoms with Crippen molar-refractivity contribution < 1.29 is 13.2 Å². The van der Waals surface area contributed by atoms with Crippen LogP contribution in [0.4, 0.5) is 13.2 Å². The SMILES string of the molecule is CCCNCc1ccc(-n2cc(Br)cn2)cc1C(F)(F)F. The van der Waals surface area contributed by atoms with Gasteiger partial charge in [-0.05, 0) is 46.6 Å². The molecule has 0 aliphatic rings. The van der Waals surface area contributed by atoms with E-state index in [9.17, 15) is 13.2 Å². The molecule has 1 aromatic carbocycles. The lowest BCUT2D eigenvalue weighted by molar-refractivity contribution is -0.138. The number of benzene rings is 1. The molecule has 0 saturated heterocycles. The minimum Gasteiger partial charge on any atom is -0.313 e. The van der Waals surface area contributed by atoms with Crippen molar-refractivity contribution >= 4 is 15.9 Å². The van der Waals surface area contributed by atoms with Gasteiger partial charge in [-0.1, -0.05) is 13.0 Å². The van der Waals surface area contributed by atoms with E-state index >= 15 is 0 Å². The van der Waals surface area contributed by atoms with Crippen LogP contribution < -0.4 is 5.32 Å². The summed E-state index contributed by atoms with van der Waals surface area (Å²) in [6.07, 6.45) is -0.362. The van der Waals surface area contributed by atoms with Crippen molar-refractivity contribution in [2.24, 2.45) is 0 Å². The van der Waals surface area contributed by atoms with Gasteiger partial charge in [0.05, 0.1) is 21.9 Å². The number of nitrogens with one attached hydrogen (secondary N) is 1. The molecule has 7 heteroatoms. The molecule has 0 aliphatic heterocycles. The van der Waals surface area contributed by atoms with Gasteiger partial charge in [0.1, 0.15) is 0 Å². The summed E-state index contributed by atoms with van der Waals surface area (Å²) in [6.45, 7) is 2.85. The van der Waals surface area contributed by atoms with Gasteiger partial charge in [0.15, 0.2) is 0 Å². The molecule has 0 spiro atoms. The smallest absolute Gasteiger partial charge is 0.313 e. The van der Waals surface area contributed by atoms with Crippen molar-refractivity contribution in [2.45, 2.75) is 26.1 Å². The van der Waals surface area contributed by atoms with Crippen LogP contribution >= 0.6 is 15.9 Å². The van der Waals surface area contributed by atoms with E-state index in [0.29, 0.717) is 16.7 Å². The van der Waals surface area contributed by atoms with Gasteiger partial charge in [-0.25, -0.2) is 4.68 Å². The highest BCUT2D eigenvalue weighted by Gasteiger charge is 2.33. The number of nitrogens with zero attached hydrogens (tertiary/aromatic N) is 2. The quantitative estimate of drug-likeness (QED) is 0.810. The largest absolute Gasteiger partial charge is 0.416 e. The predicted octanol–water partition coefficient (Wildman–Crippen LogP) is 4.15. The first-order chi connectivity index (χ1) is 9.91. The molecule has 0 atom stereocenters. The highest BCUT2D eigenvalue weighted by atomic mass is 79.9. The average Bonchev–Trinajstić information content (AvgIpc) is 2.85. The summed E-state index contributed by atoms with van der Waals surface area (Å²) in [7, 11) is 0. The van der Waals surface area contributed by atoms with E-state index in [1.807, 2.05) is 6.92 Å². The lowest BCUT2D eigenvalue weighted by Gasteiger charge is -2.15. The Morgan fingerprint density at radius 2 is 2.10 bits per heavy atom. The van der Waals surface area contributed by atoms with Crippen molar-refractivity contribution in [1.29, 1.82) is 0 Å². The number of rotatable bonds is 5. The van der Waals surface area contributed by atoms with Crippen LogP contribution in [0.2, 0.25) is 0 Å². The fourth-order valence-corrected chi connectivity index (χ4v) is 2.25. The summed E-state index contributed by atoms with van der Waals surface area (Å²) in [5.41, 5.74) is -0.00610. The fourth-order valence-electron chi connectivity index (χ4n) is 1.97. The second-order valence-corrected chi connectivity index (χ2v) is 5.53. The molecule has 3 nitrogen and oxygen atoms in total. The van der Waals surface area contributed by atoms with Gasteiger partial charge < -0.3 is 5.32 Å². The molecular formula is C14H15BrF3N3. The molecule has 1 heterocycles. The summed E-state index contributed by atoms with van der Waals surface area (Å²) in [5, 5.41) is 7.00. The van der Waals surface area contributed by atoms with E-state index in [0.717, 1.165) is 12.5 Å². The molecule has 0 fully saturated rings. The van der Waals surface area contributed by atoms with Gasteiger partial charge in [-0.15, -0.1) is 0 Å². The van der Waals surface area contributed by atoms with E-state index in [-0.39, 0.29) is 12.1 Å².